The standard InChI is InChI=1S/C11H22N2O3.C2HF3O2/c1-4-12(2)7-9(14)8-13(3)11(5-6-11)10(15)16;3-2(4,5)1(6)7/h9,14H,4-8H2,1-3H3,(H,15,16);(H,6,7). The first-order valence-electron chi connectivity index (χ1n) is 6.98. The van der Waals surface area contributed by atoms with Crippen LogP contribution in [0.3, 0.4) is 0 Å². The van der Waals surface area contributed by atoms with E-state index in [0.717, 1.165) is 6.54 Å². The number of aliphatic carboxylic acids is 2. The number of halogens is 3. The zero-order valence-electron chi connectivity index (χ0n) is 13.3. The predicted molar refractivity (Wildman–Crippen MR) is 75.1 cm³/mol. The fourth-order valence-corrected chi connectivity index (χ4v) is 1.91. The van der Waals surface area contributed by atoms with Crippen LogP contribution in [0.2, 0.25) is 0 Å². The molecule has 23 heavy (non-hydrogen) atoms. The van der Waals surface area contributed by atoms with Crippen LogP contribution in [0.4, 0.5) is 13.2 Å². The molecule has 0 amide bonds. The maximum atomic E-state index is 11.1. The molecule has 0 aromatic rings. The van der Waals surface area contributed by atoms with Crippen LogP contribution in [0.15, 0.2) is 0 Å². The van der Waals surface area contributed by atoms with Gasteiger partial charge in [0.2, 0.25) is 0 Å². The lowest BCUT2D eigenvalue weighted by Gasteiger charge is -2.28. The molecule has 1 unspecified atom stereocenters. The van der Waals surface area contributed by atoms with E-state index in [1.165, 1.54) is 0 Å². The Labute approximate surface area is 132 Å². The molecule has 0 saturated heterocycles. The molecule has 0 aromatic heterocycles. The number of rotatable bonds is 7. The summed E-state index contributed by atoms with van der Waals surface area (Å²) in [5.41, 5.74) is -0.703. The summed E-state index contributed by atoms with van der Waals surface area (Å²) in [6, 6.07) is 0. The molecule has 1 atom stereocenters. The van der Waals surface area contributed by atoms with Gasteiger partial charge in [0.05, 0.1) is 6.10 Å². The second-order valence-electron chi connectivity index (χ2n) is 5.53. The number of nitrogens with zero attached hydrogens (tertiary/aromatic N) is 2. The van der Waals surface area contributed by atoms with Crippen molar-refractivity contribution < 1.29 is 38.1 Å². The van der Waals surface area contributed by atoms with E-state index in [-0.39, 0.29) is 0 Å². The molecule has 3 N–H and O–H groups in total. The molecular formula is C13H23F3N2O5. The molecule has 10 heteroatoms. The van der Waals surface area contributed by atoms with Crippen molar-refractivity contribution in [2.24, 2.45) is 0 Å². The Balaban J connectivity index is 0.000000585. The highest BCUT2D eigenvalue weighted by molar-refractivity contribution is 5.82. The Hall–Kier alpha value is -1.39. The number of β-amino-alcohol motifs (C(OH)–C–C–N with tert-alkyl or cyclic N) is 1. The first-order chi connectivity index (χ1) is 10.4. The van der Waals surface area contributed by atoms with E-state index >= 15 is 0 Å². The van der Waals surface area contributed by atoms with Gasteiger partial charge in [-0.05, 0) is 33.5 Å². The normalized spacial score (nSPS) is 17.4. The van der Waals surface area contributed by atoms with E-state index in [1.54, 1.807) is 11.9 Å². The Morgan fingerprint density at radius 2 is 1.61 bits per heavy atom. The minimum Gasteiger partial charge on any atom is -0.480 e. The molecule has 0 bridgehead atoms. The average Bonchev–Trinajstić information content (AvgIpc) is 3.19. The maximum Gasteiger partial charge on any atom is 0.490 e. The minimum atomic E-state index is -5.08. The van der Waals surface area contributed by atoms with Crippen LogP contribution in [-0.2, 0) is 9.59 Å². The van der Waals surface area contributed by atoms with Gasteiger partial charge in [-0.2, -0.15) is 13.2 Å². The smallest absolute Gasteiger partial charge is 0.480 e. The second-order valence-corrected chi connectivity index (χ2v) is 5.53. The van der Waals surface area contributed by atoms with Gasteiger partial charge in [0.15, 0.2) is 0 Å². The monoisotopic (exact) mass is 344 g/mol. The Morgan fingerprint density at radius 1 is 1.17 bits per heavy atom. The van der Waals surface area contributed by atoms with Crippen molar-refractivity contribution in [1.29, 1.82) is 0 Å². The first kappa shape index (κ1) is 21.6. The molecule has 0 aliphatic heterocycles. The van der Waals surface area contributed by atoms with Crippen molar-refractivity contribution in [1.82, 2.24) is 9.80 Å². The summed E-state index contributed by atoms with van der Waals surface area (Å²) in [7, 11) is 3.71. The van der Waals surface area contributed by atoms with Gasteiger partial charge < -0.3 is 20.2 Å². The van der Waals surface area contributed by atoms with Crippen LogP contribution < -0.4 is 0 Å². The summed E-state index contributed by atoms with van der Waals surface area (Å²) in [6.07, 6.45) is -4.20. The molecule has 7 nitrogen and oxygen atoms in total. The highest BCUT2D eigenvalue weighted by Gasteiger charge is 2.53. The van der Waals surface area contributed by atoms with Crippen LogP contribution in [0.1, 0.15) is 19.8 Å². The Bertz CT molecular complexity index is 413. The fraction of sp³-hybridized carbons (Fsp3) is 0.846. The SMILES string of the molecule is CCN(C)CC(O)CN(C)C1(C(=O)O)CC1.O=C(O)C(F)(F)F. The fourth-order valence-electron chi connectivity index (χ4n) is 1.91. The molecule has 1 saturated carbocycles. The summed E-state index contributed by atoms with van der Waals surface area (Å²) in [5.74, 6) is -3.53. The van der Waals surface area contributed by atoms with Gasteiger partial charge in [0.1, 0.15) is 5.54 Å². The molecule has 1 rings (SSSR count). The molecule has 0 aromatic carbocycles. The highest BCUT2D eigenvalue weighted by Crippen LogP contribution is 2.41. The second kappa shape index (κ2) is 8.46. The molecular weight excluding hydrogens is 321 g/mol. The van der Waals surface area contributed by atoms with E-state index < -0.39 is 29.8 Å². The topological polar surface area (TPSA) is 101 Å². The van der Waals surface area contributed by atoms with Gasteiger partial charge in [-0.15, -0.1) is 0 Å². The Morgan fingerprint density at radius 3 is 1.87 bits per heavy atom. The molecule has 0 heterocycles. The number of carbonyl (C=O) groups is 2. The van der Waals surface area contributed by atoms with Crippen molar-refractivity contribution in [3.8, 4) is 0 Å². The molecule has 0 spiro atoms. The van der Waals surface area contributed by atoms with Crippen LogP contribution in [-0.4, -0.2) is 88.6 Å². The zero-order chi connectivity index (χ0) is 18.4. The van der Waals surface area contributed by atoms with Crippen molar-refractivity contribution in [3.63, 3.8) is 0 Å². The molecule has 1 aliphatic rings. The van der Waals surface area contributed by atoms with Gasteiger partial charge in [0, 0.05) is 13.1 Å². The number of carboxylic acid groups (broad SMARTS) is 2. The third-order valence-electron chi connectivity index (χ3n) is 3.64. The zero-order valence-corrected chi connectivity index (χ0v) is 13.3. The first-order valence-corrected chi connectivity index (χ1v) is 6.98. The molecule has 0 radical (unpaired) electrons. The lowest BCUT2D eigenvalue weighted by atomic mass is 10.2. The quantitative estimate of drug-likeness (QED) is 0.617. The summed E-state index contributed by atoms with van der Waals surface area (Å²) in [5, 5.41) is 26.0. The number of carboxylic acids is 2. The third kappa shape index (κ3) is 7.14. The highest BCUT2D eigenvalue weighted by atomic mass is 19.4. The average molecular weight is 344 g/mol. The van der Waals surface area contributed by atoms with E-state index in [0.29, 0.717) is 25.9 Å². The van der Waals surface area contributed by atoms with Gasteiger partial charge in [-0.1, -0.05) is 6.92 Å². The van der Waals surface area contributed by atoms with Gasteiger partial charge >= 0.3 is 18.1 Å². The molecule has 1 aliphatic carbocycles. The van der Waals surface area contributed by atoms with Crippen LogP contribution in [0.25, 0.3) is 0 Å². The van der Waals surface area contributed by atoms with E-state index in [4.69, 9.17) is 15.0 Å². The van der Waals surface area contributed by atoms with E-state index in [2.05, 4.69) is 0 Å². The number of alkyl halides is 3. The summed E-state index contributed by atoms with van der Waals surface area (Å²) >= 11 is 0. The van der Waals surface area contributed by atoms with Crippen molar-refractivity contribution in [3.05, 3.63) is 0 Å². The maximum absolute atomic E-state index is 11.1. The molecule has 1 fully saturated rings. The largest absolute Gasteiger partial charge is 0.490 e. The summed E-state index contributed by atoms with van der Waals surface area (Å²) in [6.45, 7) is 3.90. The molecule has 136 valence electrons. The Kier molecular flexibility index (Phi) is 7.95. The summed E-state index contributed by atoms with van der Waals surface area (Å²) in [4.78, 5) is 23.7. The van der Waals surface area contributed by atoms with E-state index in [1.807, 2.05) is 18.9 Å². The lowest BCUT2D eigenvalue weighted by Crippen LogP contribution is -2.46. The van der Waals surface area contributed by atoms with Gasteiger partial charge in [-0.25, -0.2) is 4.79 Å². The van der Waals surface area contributed by atoms with Crippen LogP contribution >= 0.6 is 0 Å². The van der Waals surface area contributed by atoms with Gasteiger partial charge in [-0.3, -0.25) is 9.69 Å². The number of aliphatic hydroxyl groups excluding tert-OH is 1. The van der Waals surface area contributed by atoms with E-state index in [9.17, 15) is 23.1 Å². The number of aliphatic hydroxyl groups is 1. The van der Waals surface area contributed by atoms with Crippen molar-refractivity contribution >= 4 is 11.9 Å². The number of hydrogen-bond donors (Lipinski definition) is 3. The van der Waals surface area contributed by atoms with Crippen LogP contribution in [0.5, 0.6) is 0 Å². The van der Waals surface area contributed by atoms with Crippen LogP contribution in [0, 0.1) is 0 Å². The number of hydrogen-bond acceptors (Lipinski definition) is 5. The van der Waals surface area contributed by atoms with Crippen molar-refractivity contribution in [2.75, 3.05) is 33.7 Å². The third-order valence-corrected chi connectivity index (χ3v) is 3.64. The minimum absolute atomic E-state index is 0.413. The predicted octanol–water partition coefficient (Wildman–Crippen LogP) is 0.481. The lowest BCUT2D eigenvalue weighted by molar-refractivity contribution is -0.192. The van der Waals surface area contributed by atoms with Crippen molar-refractivity contribution in [2.45, 2.75) is 37.6 Å². The summed E-state index contributed by atoms with van der Waals surface area (Å²) < 4.78 is 31.7. The number of likely N-dealkylation sites (N-methyl/N-ethyl adjacent to an activating group) is 2. The van der Waals surface area contributed by atoms with Gasteiger partial charge in [0.25, 0.3) is 0 Å².